The number of carboxylic acids is 1. The van der Waals surface area contributed by atoms with Gasteiger partial charge in [-0.1, -0.05) is 11.6 Å². The van der Waals surface area contributed by atoms with Crippen molar-refractivity contribution in [3.8, 4) is 0 Å². The van der Waals surface area contributed by atoms with E-state index in [2.05, 4.69) is 0 Å². The predicted octanol–water partition coefficient (Wildman–Crippen LogP) is 3.66. The van der Waals surface area contributed by atoms with Crippen molar-refractivity contribution < 1.29 is 28.2 Å². The Balaban J connectivity index is 3.18. The molecular formula is C12H12ClF2NO4. The molecule has 0 aliphatic carbocycles. The summed E-state index contributed by atoms with van der Waals surface area (Å²) in [7, 11) is 0. The van der Waals surface area contributed by atoms with Gasteiger partial charge in [-0.05, 0) is 26.8 Å². The quantitative estimate of drug-likeness (QED) is 0.817. The van der Waals surface area contributed by atoms with Gasteiger partial charge < -0.3 is 9.84 Å². The number of amides is 1. The topological polar surface area (TPSA) is 75.6 Å². The van der Waals surface area contributed by atoms with Crippen LogP contribution in [0.2, 0.25) is 5.02 Å². The number of carboxylic acid groups (broad SMARTS) is 1. The average Bonchev–Trinajstić information content (AvgIpc) is 2.26. The fourth-order valence-electron chi connectivity index (χ4n) is 1.27. The summed E-state index contributed by atoms with van der Waals surface area (Å²) in [6, 6.07) is 0.431. The van der Waals surface area contributed by atoms with Crippen LogP contribution in [0.3, 0.4) is 0 Å². The van der Waals surface area contributed by atoms with Crippen molar-refractivity contribution in [3.63, 3.8) is 0 Å². The van der Waals surface area contributed by atoms with Crippen LogP contribution in [0.25, 0.3) is 0 Å². The first kappa shape index (κ1) is 16.2. The maximum atomic E-state index is 13.6. The third kappa shape index (κ3) is 3.80. The minimum absolute atomic E-state index is 0.431. The van der Waals surface area contributed by atoms with Crippen molar-refractivity contribution in [1.82, 2.24) is 0 Å². The molecule has 1 amide bonds. The lowest BCUT2D eigenvalue weighted by molar-refractivity contribution is 0.0632. The van der Waals surface area contributed by atoms with Gasteiger partial charge in [0, 0.05) is 0 Å². The van der Waals surface area contributed by atoms with Gasteiger partial charge in [0.05, 0.1) is 10.6 Å². The van der Waals surface area contributed by atoms with Crippen LogP contribution in [-0.2, 0) is 4.74 Å². The van der Waals surface area contributed by atoms with E-state index in [1.54, 1.807) is 20.8 Å². The summed E-state index contributed by atoms with van der Waals surface area (Å²) in [6.45, 7) is 4.70. The lowest BCUT2D eigenvalue weighted by Crippen LogP contribution is -2.28. The number of anilines is 1. The molecule has 2 N–H and O–H groups in total. The van der Waals surface area contributed by atoms with Crippen LogP contribution in [0.4, 0.5) is 19.3 Å². The predicted molar refractivity (Wildman–Crippen MR) is 68.2 cm³/mol. The van der Waals surface area contributed by atoms with Gasteiger partial charge in [0.1, 0.15) is 11.3 Å². The van der Waals surface area contributed by atoms with Gasteiger partial charge in [-0.2, -0.15) is 0 Å². The maximum absolute atomic E-state index is 13.6. The highest BCUT2D eigenvalue weighted by Crippen LogP contribution is 2.31. The fraction of sp³-hybridized carbons (Fsp3) is 0.333. The molecule has 0 aromatic heterocycles. The smallest absolute Gasteiger partial charge is 0.412 e. The number of nitrogens with one attached hydrogen (secondary N) is 1. The zero-order chi connectivity index (χ0) is 15.7. The molecule has 0 bridgehead atoms. The van der Waals surface area contributed by atoms with Crippen LogP contribution in [0.1, 0.15) is 31.1 Å². The van der Waals surface area contributed by atoms with E-state index in [9.17, 15) is 18.4 Å². The van der Waals surface area contributed by atoms with E-state index in [4.69, 9.17) is 21.4 Å². The number of halogens is 3. The molecule has 0 fully saturated rings. The van der Waals surface area contributed by atoms with Gasteiger partial charge in [-0.15, -0.1) is 0 Å². The Hall–Kier alpha value is -1.89. The molecule has 20 heavy (non-hydrogen) atoms. The second-order valence-electron chi connectivity index (χ2n) is 4.84. The van der Waals surface area contributed by atoms with Gasteiger partial charge in [-0.3, -0.25) is 5.32 Å². The largest absolute Gasteiger partial charge is 0.478 e. The molecular weight excluding hydrogens is 296 g/mol. The molecule has 1 rings (SSSR count). The van der Waals surface area contributed by atoms with E-state index in [0.29, 0.717) is 6.07 Å². The zero-order valence-corrected chi connectivity index (χ0v) is 11.6. The van der Waals surface area contributed by atoms with Gasteiger partial charge in [0.2, 0.25) is 0 Å². The molecule has 0 saturated carbocycles. The number of hydrogen-bond acceptors (Lipinski definition) is 3. The molecule has 1 aromatic rings. The molecule has 8 heteroatoms. The van der Waals surface area contributed by atoms with Gasteiger partial charge in [-0.25, -0.2) is 18.4 Å². The Kier molecular flexibility index (Phi) is 4.54. The van der Waals surface area contributed by atoms with E-state index >= 15 is 0 Å². The molecule has 0 saturated heterocycles. The number of carbonyl (C=O) groups excluding carboxylic acids is 1. The summed E-state index contributed by atoms with van der Waals surface area (Å²) in [5, 5.41) is 10.1. The normalized spacial score (nSPS) is 11.1. The number of rotatable bonds is 2. The summed E-state index contributed by atoms with van der Waals surface area (Å²) in [5.41, 5.74) is -2.31. The van der Waals surface area contributed by atoms with Crippen molar-refractivity contribution >= 4 is 29.4 Å². The summed E-state index contributed by atoms with van der Waals surface area (Å²) in [5.74, 6) is -4.47. The van der Waals surface area contributed by atoms with Crippen LogP contribution in [0.5, 0.6) is 0 Å². The second-order valence-corrected chi connectivity index (χ2v) is 5.22. The lowest BCUT2D eigenvalue weighted by atomic mass is 10.1. The number of carbonyl (C=O) groups is 2. The van der Waals surface area contributed by atoms with E-state index in [1.807, 2.05) is 5.32 Å². The minimum Gasteiger partial charge on any atom is -0.478 e. The van der Waals surface area contributed by atoms with Crippen molar-refractivity contribution in [1.29, 1.82) is 0 Å². The molecule has 5 nitrogen and oxygen atoms in total. The Morgan fingerprint density at radius 3 is 2.35 bits per heavy atom. The van der Waals surface area contributed by atoms with Gasteiger partial charge >= 0.3 is 12.1 Å². The Morgan fingerprint density at radius 2 is 1.90 bits per heavy atom. The number of ether oxygens (including phenoxy) is 1. The zero-order valence-electron chi connectivity index (χ0n) is 10.9. The van der Waals surface area contributed by atoms with Crippen LogP contribution < -0.4 is 5.32 Å². The molecule has 0 radical (unpaired) electrons. The molecule has 0 aliphatic heterocycles. The number of aromatic carboxylic acids is 1. The summed E-state index contributed by atoms with van der Waals surface area (Å²) in [6.07, 6.45) is -1.08. The first-order valence-electron chi connectivity index (χ1n) is 5.43. The monoisotopic (exact) mass is 307 g/mol. The number of hydrogen-bond donors (Lipinski definition) is 2. The summed E-state index contributed by atoms with van der Waals surface area (Å²) < 4.78 is 31.7. The molecule has 110 valence electrons. The van der Waals surface area contributed by atoms with Crippen LogP contribution in [0, 0.1) is 11.6 Å². The highest BCUT2D eigenvalue weighted by Gasteiger charge is 2.24. The summed E-state index contributed by atoms with van der Waals surface area (Å²) in [4.78, 5) is 22.3. The second kappa shape index (κ2) is 5.62. The van der Waals surface area contributed by atoms with Gasteiger partial charge in [0.25, 0.3) is 0 Å². The molecule has 0 unspecified atom stereocenters. The first-order valence-corrected chi connectivity index (χ1v) is 5.81. The van der Waals surface area contributed by atoms with E-state index < -0.39 is 45.6 Å². The Labute approximate surface area is 118 Å². The Bertz CT molecular complexity index is 570. The molecule has 0 aliphatic rings. The third-order valence-corrected chi connectivity index (χ3v) is 2.41. The van der Waals surface area contributed by atoms with Crippen molar-refractivity contribution in [2.45, 2.75) is 26.4 Å². The van der Waals surface area contributed by atoms with E-state index in [1.165, 1.54) is 0 Å². The first-order chi connectivity index (χ1) is 9.03. The molecule has 0 atom stereocenters. The van der Waals surface area contributed by atoms with E-state index in [0.717, 1.165) is 0 Å². The SMILES string of the molecule is CC(C)(C)OC(=O)Nc1c(F)c(F)cc(C(=O)O)c1Cl. The Morgan fingerprint density at radius 1 is 1.35 bits per heavy atom. The average molecular weight is 308 g/mol. The van der Waals surface area contributed by atoms with Crippen molar-refractivity contribution in [3.05, 3.63) is 28.3 Å². The third-order valence-electron chi connectivity index (χ3n) is 2.01. The lowest BCUT2D eigenvalue weighted by Gasteiger charge is -2.20. The molecule has 1 aromatic carbocycles. The number of benzene rings is 1. The van der Waals surface area contributed by atoms with Gasteiger partial charge in [0.15, 0.2) is 11.6 Å². The van der Waals surface area contributed by atoms with Crippen molar-refractivity contribution in [2.75, 3.05) is 5.32 Å². The van der Waals surface area contributed by atoms with E-state index in [-0.39, 0.29) is 0 Å². The van der Waals surface area contributed by atoms with Crippen molar-refractivity contribution in [2.24, 2.45) is 0 Å². The maximum Gasteiger partial charge on any atom is 0.412 e. The fourth-order valence-corrected chi connectivity index (χ4v) is 1.54. The minimum atomic E-state index is -1.55. The van der Waals surface area contributed by atoms with Crippen LogP contribution in [0.15, 0.2) is 6.07 Å². The molecule has 0 heterocycles. The standard InChI is InChI=1S/C12H12ClF2NO4/c1-12(2,3)20-11(19)16-9-7(13)5(10(17)18)4-6(14)8(9)15/h4H,1-3H3,(H,16,19)(H,17,18). The van der Waals surface area contributed by atoms with Crippen LogP contribution in [-0.4, -0.2) is 22.8 Å². The van der Waals surface area contributed by atoms with Crippen LogP contribution >= 0.6 is 11.6 Å². The summed E-state index contributed by atoms with van der Waals surface area (Å²) >= 11 is 5.64. The molecule has 0 spiro atoms. The highest BCUT2D eigenvalue weighted by atomic mass is 35.5. The highest BCUT2D eigenvalue weighted by molar-refractivity contribution is 6.36.